The van der Waals surface area contributed by atoms with Gasteiger partial charge in [0.05, 0.1) is 6.61 Å². The van der Waals surface area contributed by atoms with Crippen LogP contribution in [0.2, 0.25) is 0 Å². The summed E-state index contributed by atoms with van der Waals surface area (Å²) in [6, 6.07) is 19.6. The van der Waals surface area contributed by atoms with Crippen molar-refractivity contribution < 1.29 is 9.53 Å². The Morgan fingerprint density at radius 3 is 2.36 bits per heavy atom. The van der Waals surface area contributed by atoms with Crippen molar-refractivity contribution in [1.29, 1.82) is 0 Å². The lowest BCUT2D eigenvalue weighted by molar-refractivity contribution is 0.205. The van der Waals surface area contributed by atoms with Crippen molar-refractivity contribution in [2.24, 2.45) is 0 Å². The van der Waals surface area contributed by atoms with Gasteiger partial charge in [0.15, 0.2) is 0 Å². The van der Waals surface area contributed by atoms with Crippen LogP contribution >= 0.6 is 0 Å². The molecule has 22 heavy (non-hydrogen) atoms. The minimum absolute atomic E-state index is 0.0661. The lowest BCUT2D eigenvalue weighted by Gasteiger charge is -2.18. The number of para-hydroxylation sites is 1. The Labute approximate surface area is 131 Å². The van der Waals surface area contributed by atoms with Gasteiger partial charge in [-0.15, -0.1) is 0 Å². The molecule has 0 bridgehead atoms. The van der Waals surface area contributed by atoms with Crippen LogP contribution in [0.5, 0.6) is 5.75 Å². The quantitative estimate of drug-likeness (QED) is 0.797. The molecule has 0 spiro atoms. The van der Waals surface area contributed by atoms with Crippen molar-refractivity contribution in [2.75, 3.05) is 20.2 Å². The lowest BCUT2D eigenvalue weighted by Crippen LogP contribution is -2.37. The Balaban J connectivity index is 1.61. The predicted molar refractivity (Wildman–Crippen MR) is 87.9 cm³/mol. The molecule has 0 aromatic heterocycles. The van der Waals surface area contributed by atoms with Crippen molar-refractivity contribution >= 4 is 6.03 Å². The van der Waals surface area contributed by atoms with Crippen LogP contribution in [0.1, 0.15) is 12.0 Å². The van der Waals surface area contributed by atoms with Gasteiger partial charge in [-0.3, -0.25) is 0 Å². The van der Waals surface area contributed by atoms with E-state index in [1.54, 1.807) is 11.9 Å². The standard InChI is InChI=1S/C18H22N2O2/c1-20(15-16-9-4-2-5-10-16)18(21)19-13-8-14-22-17-11-6-3-7-12-17/h2-7,9-12H,8,13-15H2,1H3,(H,19,21). The molecule has 2 aromatic rings. The van der Waals surface area contributed by atoms with Crippen LogP contribution in [0.3, 0.4) is 0 Å². The van der Waals surface area contributed by atoms with Gasteiger partial charge in [-0.2, -0.15) is 0 Å². The average molecular weight is 298 g/mol. The number of urea groups is 1. The second kappa shape index (κ2) is 8.72. The normalized spacial score (nSPS) is 10.0. The highest BCUT2D eigenvalue weighted by molar-refractivity contribution is 5.73. The molecule has 2 amide bonds. The first-order valence-corrected chi connectivity index (χ1v) is 7.46. The zero-order chi connectivity index (χ0) is 15.6. The maximum absolute atomic E-state index is 12.0. The Hall–Kier alpha value is -2.49. The molecule has 2 rings (SSSR count). The number of hydrogen-bond acceptors (Lipinski definition) is 2. The van der Waals surface area contributed by atoms with Crippen LogP contribution in [0.15, 0.2) is 60.7 Å². The van der Waals surface area contributed by atoms with Crippen LogP contribution in [-0.2, 0) is 6.54 Å². The zero-order valence-corrected chi connectivity index (χ0v) is 12.9. The van der Waals surface area contributed by atoms with Gasteiger partial charge >= 0.3 is 6.03 Å². The molecule has 0 fully saturated rings. The monoisotopic (exact) mass is 298 g/mol. The topological polar surface area (TPSA) is 41.6 Å². The largest absolute Gasteiger partial charge is 0.494 e. The van der Waals surface area contributed by atoms with Crippen LogP contribution in [0.4, 0.5) is 4.79 Å². The summed E-state index contributed by atoms with van der Waals surface area (Å²) in [5, 5.41) is 2.90. The van der Waals surface area contributed by atoms with E-state index in [0.29, 0.717) is 19.7 Å². The lowest BCUT2D eigenvalue weighted by atomic mass is 10.2. The van der Waals surface area contributed by atoms with Crippen LogP contribution < -0.4 is 10.1 Å². The van der Waals surface area contributed by atoms with E-state index in [4.69, 9.17) is 4.74 Å². The van der Waals surface area contributed by atoms with Gasteiger partial charge in [-0.05, 0) is 24.1 Å². The fourth-order valence-electron chi connectivity index (χ4n) is 2.04. The molecular formula is C18H22N2O2. The Bertz CT molecular complexity index is 558. The molecule has 0 saturated carbocycles. The maximum Gasteiger partial charge on any atom is 0.317 e. The van der Waals surface area contributed by atoms with Crippen LogP contribution in [-0.4, -0.2) is 31.1 Å². The van der Waals surface area contributed by atoms with E-state index in [9.17, 15) is 4.79 Å². The second-order valence-electron chi connectivity index (χ2n) is 5.09. The van der Waals surface area contributed by atoms with Gasteiger partial charge in [-0.25, -0.2) is 4.79 Å². The molecule has 0 saturated heterocycles. The number of amides is 2. The number of benzene rings is 2. The number of nitrogens with one attached hydrogen (secondary N) is 1. The van der Waals surface area contributed by atoms with Crippen molar-refractivity contribution in [3.05, 3.63) is 66.2 Å². The Kier molecular flexibility index (Phi) is 6.30. The number of rotatable bonds is 7. The molecule has 116 valence electrons. The fraction of sp³-hybridized carbons (Fsp3) is 0.278. The third-order valence-corrected chi connectivity index (χ3v) is 3.22. The summed E-state index contributed by atoms with van der Waals surface area (Å²) >= 11 is 0. The summed E-state index contributed by atoms with van der Waals surface area (Å²) in [6.07, 6.45) is 0.778. The van der Waals surface area contributed by atoms with E-state index < -0.39 is 0 Å². The van der Waals surface area contributed by atoms with Gasteiger partial charge in [0, 0.05) is 20.1 Å². The van der Waals surface area contributed by atoms with Gasteiger partial charge in [0.1, 0.15) is 5.75 Å². The van der Waals surface area contributed by atoms with E-state index in [1.165, 1.54) is 0 Å². The Morgan fingerprint density at radius 2 is 1.68 bits per heavy atom. The third kappa shape index (κ3) is 5.48. The van der Waals surface area contributed by atoms with E-state index >= 15 is 0 Å². The number of hydrogen-bond donors (Lipinski definition) is 1. The van der Waals surface area contributed by atoms with Crippen LogP contribution in [0, 0.1) is 0 Å². The van der Waals surface area contributed by atoms with Crippen molar-refractivity contribution in [3.8, 4) is 5.75 Å². The maximum atomic E-state index is 12.0. The van der Waals surface area contributed by atoms with E-state index in [2.05, 4.69) is 5.32 Å². The zero-order valence-electron chi connectivity index (χ0n) is 12.9. The molecule has 0 aliphatic carbocycles. The van der Waals surface area contributed by atoms with Crippen molar-refractivity contribution in [3.63, 3.8) is 0 Å². The first kappa shape index (κ1) is 15.9. The molecule has 4 nitrogen and oxygen atoms in total. The SMILES string of the molecule is CN(Cc1ccccc1)C(=O)NCCCOc1ccccc1. The highest BCUT2D eigenvalue weighted by atomic mass is 16.5. The van der Waals surface area contributed by atoms with Gasteiger partial charge in [0.2, 0.25) is 0 Å². The molecule has 4 heteroatoms. The molecule has 0 aliphatic heterocycles. The second-order valence-corrected chi connectivity index (χ2v) is 5.09. The average Bonchev–Trinajstić information content (AvgIpc) is 2.56. The molecule has 1 N–H and O–H groups in total. The first-order valence-electron chi connectivity index (χ1n) is 7.46. The Morgan fingerprint density at radius 1 is 1.05 bits per heavy atom. The third-order valence-electron chi connectivity index (χ3n) is 3.22. The molecule has 2 aromatic carbocycles. The highest BCUT2D eigenvalue weighted by Crippen LogP contribution is 2.08. The minimum Gasteiger partial charge on any atom is -0.494 e. The summed E-state index contributed by atoms with van der Waals surface area (Å²) in [5.41, 5.74) is 1.12. The van der Waals surface area contributed by atoms with Gasteiger partial charge in [-0.1, -0.05) is 48.5 Å². The number of nitrogens with zero attached hydrogens (tertiary/aromatic N) is 1. The van der Waals surface area contributed by atoms with Crippen molar-refractivity contribution in [2.45, 2.75) is 13.0 Å². The molecule has 0 atom stereocenters. The number of carbonyl (C=O) groups is 1. The first-order chi connectivity index (χ1) is 10.8. The number of ether oxygens (including phenoxy) is 1. The minimum atomic E-state index is -0.0661. The molecule has 0 radical (unpaired) electrons. The predicted octanol–water partition coefficient (Wildman–Crippen LogP) is 3.30. The van der Waals surface area contributed by atoms with E-state index in [0.717, 1.165) is 17.7 Å². The van der Waals surface area contributed by atoms with Gasteiger partial charge in [0.25, 0.3) is 0 Å². The molecule has 0 aliphatic rings. The van der Waals surface area contributed by atoms with Gasteiger partial charge < -0.3 is 15.0 Å². The summed E-state index contributed by atoms with van der Waals surface area (Å²) < 4.78 is 5.58. The van der Waals surface area contributed by atoms with E-state index in [1.807, 2.05) is 60.7 Å². The molecular weight excluding hydrogens is 276 g/mol. The summed E-state index contributed by atoms with van der Waals surface area (Å²) in [7, 11) is 1.79. The summed E-state index contributed by atoms with van der Waals surface area (Å²) in [4.78, 5) is 13.6. The highest BCUT2D eigenvalue weighted by Gasteiger charge is 2.07. The summed E-state index contributed by atoms with van der Waals surface area (Å²) in [5.74, 6) is 0.857. The number of carbonyl (C=O) groups excluding carboxylic acids is 1. The molecule has 0 heterocycles. The fourth-order valence-corrected chi connectivity index (χ4v) is 2.04. The van der Waals surface area contributed by atoms with Crippen LogP contribution in [0.25, 0.3) is 0 Å². The van der Waals surface area contributed by atoms with E-state index in [-0.39, 0.29) is 6.03 Å². The van der Waals surface area contributed by atoms with Crippen molar-refractivity contribution in [1.82, 2.24) is 10.2 Å². The summed E-state index contributed by atoms with van der Waals surface area (Å²) in [6.45, 7) is 1.80. The smallest absolute Gasteiger partial charge is 0.317 e. The molecule has 0 unspecified atom stereocenters.